The number of amides is 2. The van der Waals surface area contributed by atoms with Gasteiger partial charge >= 0.3 is 11.9 Å². The number of aryl methyl sites for hydroxylation is 2. The van der Waals surface area contributed by atoms with Crippen LogP contribution in [0.1, 0.15) is 108 Å². The van der Waals surface area contributed by atoms with E-state index in [-0.39, 0.29) is 28.2 Å². The van der Waals surface area contributed by atoms with E-state index in [9.17, 15) is 24.3 Å². The number of ether oxygens (including phenoxy) is 1. The fourth-order valence-electron chi connectivity index (χ4n) is 9.26. The first kappa shape index (κ1) is 36.0. The van der Waals surface area contributed by atoms with E-state index in [0.29, 0.717) is 48.0 Å². The van der Waals surface area contributed by atoms with E-state index in [2.05, 4.69) is 40.5 Å². The standard InChI is InChI=1S/C23H21N5O3.C21H17N5O3/c1-2-31-22(30)14-7-13(8-24-9-14)20-25-10-12-3-4-15-16-19(27-18(15)17(12)28-20)23(5-6-23)11-26-21(16)29;27-19-14-13-2-1-10-8-23-18(11-5-12(20(28)29)7-22-6-11)26-15(10)16(13)25-17(14)21(3-4-21)9-24-19/h7-10,27H,2-6,11H2,1H3,(H,26,29);5-8,25H,1-4,9H2,(H,24,27)(H,28,29). The minimum absolute atomic E-state index is 0.00823. The van der Waals surface area contributed by atoms with Crippen LogP contribution in [0.4, 0.5) is 0 Å². The Balaban J connectivity index is 0.000000136. The van der Waals surface area contributed by atoms with Crippen LogP contribution in [0.25, 0.3) is 45.6 Å². The molecule has 12 rings (SSSR count). The number of fused-ring (bicyclic) bond motifs is 12. The summed E-state index contributed by atoms with van der Waals surface area (Å²) in [4.78, 5) is 82.5. The van der Waals surface area contributed by atoms with Gasteiger partial charge in [0, 0.05) is 83.6 Å². The third-order valence-electron chi connectivity index (χ3n) is 12.8. The van der Waals surface area contributed by atoms with Gasteiger partial charge in [-0.1, -0.05) is 0 Å². The molecule has 0 saturated heterocycles. The number of carbonyl (C=O) groups excluding carboxylic acids is 3. The number of rotatable bonds is 5. The minimum Gasteiger partial charge on any atom is -0.478 e. The molecule has 6 aliphatic rings. The molecule has 0 unspecified atom stereocenters. The van der Waals surface area contributed by atoms with E-state index in [1.54, 1.807) is 31.6 Å². The average Bonchev–Trinajstić information content (AvgIpc) is 4.16. The Bertz CT molecular complexity index is 2870. The van der Waals surface area contributed by atoms with Crippen LogP contribution in [-0.4, -0.2) is 88.4 Å². The molecular weight excluding hydrogens is 765 g/mol. The summed E-state index contributed by atoms with van der Waals surface area (Å²) in [7, 11) is 0. The predicted octanol–water partition coefficient (Wildman–Crippen LogP) is 4.69. The van der Waals surface area contributed by atoms with E-state index < -0.39 is 11.9 Å². The van der Waals surface area contributed by atoms with E-state index in [0.717, 1.165) is 119 Å². The van der Waals surface area contributed by atoms with Crippen LogP contribution in [0.15, 0.2) is 49.3 Å². The first-order valence-electron chi connectivity index (χ1n) is 20.3. The van der Waals surface area contributed by atoms with Gasteiger partial charge in [-0.2, -0.15) is 0 Å². The summed E-state index contributed by atoms with van der Waals surface area (Å²) in [5.74, 6) is -0.554. The number of hydrogen-bond donors (Lipinski definition) is 5. The molecule has 5 N–H and O–H groups in total. The van der Waals surface area contributed by atoms with Gasteiger partial charge < -0.3 is 30.4 Å². The zero-order chi connectivity index (χ0) is 40.9. The number of carboxylic acid groups (broad SMARTS) is 1. The van der Waals surface area contributed by atoms with Gasteiger partial charge in [0.1, 0.15) is 0 Å². The van der Waals surface area contributed by atoms with Crippen molar-refractivity contribution in [3.63, 3.8) is 0 Å². The van der Waals surface area contributed by atoms with Crippen molar-refractivity contribution in [3.05, 3.63) is 105 Å². The van der Waals surface area contributed by atoms with Gasteiger partial charge in [0.05, 0.1) is 51.6 Å². The molecular formula is C44H38N10O6. The van der Waals surface area contributed by atoms with Crippen molar-refractivity contribution in [2.75, 3.05) is 19.7 Å². The summed E-state index contributed by atoms with van der Waals surface area (Å²) in [6.07, 6.45) is 17.1. The third-order valence-corrected chi connectivity index (χ3v) is 12.8. The van der Waals surface area contributed by atoms with E-state index in [4.69, 9.17) is 14.7 Å². The molecule has 2 saturated carbocycles. The predicted molar refractivity (Wildman–Crippen MR) is 214 cm³/mol. The number of pyridine rings is 2. The number of H-pyrrole nitrogens is 2. The Morgan fingerprint density at radius 2 is 1.17 bits per heavy atom. The fraction of sp³-hybridized carbons (Fsp3) is 0.318. The van der Waals surface area contributed by atoms with Crippen molar-refractivity contribution in [1.29, 1.82) is 0 Å². The monoisotopic (exact) mass is 802 g/mol. The molecule has 6 aromatic heterocycles. The lowest BCUT2D eigenvalue weighted by Gasteiger charge is -2.23. The van der Waals surface area contributed by atoms with Crippen LogP contribution < -0.4 is 10.6 Å². The zero-order valence-corrected chi connectivity index (χ0v) is 32.6. The largest absolute Gasteiger partial charge is 0.478 e. The lowest BCUT2D eigenvalue weighted by atomic mass is 9.88. The van der Waals surface area contributed by atoms with Crippen molar-refractivity contribution < 1.29 is 29.0 Å². The number of aromatic amines is 2. The van der Waals surface area contributed by atoms with Crippen molar-refractivity contribution in [2.45, 2.75) is 69.1 Å². The highest BCUT2D eigenvalue weighted by molar-refractivity contribution is 6.02. The second-order valence-corrected chi connectivity index (χ2v) is 16.5. The van der Waals surface area contributed by atoms with E-state index >= 15 is 0 Å². The SMILES string of the molecule is CCOC(=O)c1cncc(-c2ncc3c(n2)-c2[nH]c4c(c2CC3)C(=O)NCC42CC2)c1.O=C(O)c1cncc(-c2ncc3c(n2)-c2[nH]c4c(c2CC3)C(=O)NCC42CC2)c1. The van der Waals surface area contributed by atoms with Crippen LogP contribution in [0.3, 0.4) is 0 Å². The number of esters is 1. The molecule has 6 aromatic rings. The summed E-state index contributed by atoms with van der Waals surface area (Å²) in [6, 6.07) is 3.22. The van der Waals surface area contributed by atoms with Gasteiger partial charge in [-0.3, -0.25) is 19.6 Å². The van der Waals surface area contributed by atoms with Gasteiger partial charge in [0.2, 0.25) is 0 Å². The van der Waals surface area contributed by atoms with Crippen molar-refractivity contribution >= 4 is 23.8 Å². The smallest absolute Gasteiger partial charge is 0.339 e. The molecule has 16 nitrogen and oxygen atoms in total. The highest BCUT2D eigenvalue weighted by atomic mass is 16.5. The number of nitrogens with one attached hydrogen (secondary N) is 4. The quantitative estimate of drug-likeness (QED) is 0.150. The second kappa shape index (κ2) is 13.2. The van der Waals surface area contributed by atoms with Crippen LogP contribution in [0.2, 0.25) is 0 Å². The van der Waals surface area contributed by atoms with Gasteiger partial charge in [0.25, 0.3) is 11.8 Å². The summed E-state index contributed by atoms with van der Waals surface area (Å²) in [6.45, 7) is 3.45. The van der Waals surface area contributed by atoms with Crippen LogP contribution in [-0.2, 0) is 41.3 Å². The first-order valence-corrected chi connectivity index (χ1v) is 20.3. The molecule has 0 atom stereocenters. The molecule has 2 aliphatic heterocycles. The summed E-state index contributed by atoms with van der Waals surface area (Å²) in [5, 5.41) is 15.3. The van der Waals surface area contributed by atoms with Gasteiger partial charge in [-0.25, -0.2) is 29.5 Å². The topological polar surface area (TPSA) is 231 Å². The van der Waals surface area contributed by atoms with Crippen molar-refractivity contribution in [1.82, 2.24) is 50.5 Å². The van der Waals surface area contributed by atoms with Crippen LogP contribution in [0.5, 0.6) is 0 Å². The summed E-state index contributed by atoms with van der Waals surface area (Å²) >= 11 is 0. The Morgan fingerprint density at radius 3 is 1.63 bits per heavy atom. The summed E-state index contributed by atoms with van der Waals surface area (Å²) in [5.41, 5.74) is 13.1. The second-order valence-electron chi connectivity index (χ2n) is 16.5. The highest BCUT2D eigenvalue weighted by Gasteiger charge is 2.53. The molecule has 60 heavy (non-hydrogen) atoms. The lowest BCUT2D eigenvalue weighted by Crippen LogP contribution is -2.39. The van der Waals surface area contributed by atoms with Gasteiger partial charge in [-0.15, -0.1) is 0 Å². The first-order chi connectivity index (χ1) is 29.1. The normalized spacial score (nSPS) is 17.6. The number of aromatic carboxylic acids is 1. The van der Waals surface area contributed by atoms with Crippen molar-refractivity contribution in [2.24, 2.45) is 0 Å². The molecule has 2 fully saturated rings. The van der Waals surface area contributed by atoms with E-state index in [1.807, 2.05) is 6.20 Å². The summed E-state index contributed by atoms with van der Waals surface area (Å²) < 4.78 is 5.08. The average molecular weight is 803 g/mol. The molecule has 0 aromatic carbocycles. The van der Waals surface area contributed by atoms with E-state index in [1.165, 1.54) is 18.5 Å². The van der Waals surface area contributed by atoms with Crippen LogP contribution in [0, 0.1) is 0 Å². The highest BCUT2D eigenvalue weighted by Crippen LogP contribution is 2.54. The Hall–Kier alpha value is -7.10. The van der Waals surface area contributed by atoms with Crippen molar-refractivity contribution in [3.8, 4) is 45.6 Å². The molecule has 4 aliphatic carbocycles. The Morgan fingerprint density at radius 1 is 0.683 bits per heavy atom. The fourth-order valence-corrected chi connectivity index (χ4v) is 9.26. The van der Waals surface area contributed by atoms with Gasteiger partial charge in [0.15, 0.2) is 11.6 Å². The molecule has 2 amide bonds. The number of nitrogens with zero attached hydrogens (tertiary/aromatic N) is 6. The number of carbonyl (C=O) groups is 4. The molecule has 300 valence electrons. The minimum atomic E-state index is -1.04. The maximum atomic E-state index is 12.7. The Labute approximate surface area is 342 Å². The lowest BCUT2D eigenvalue weighted by molar-refractivity contribution is 0.0525. The molecule has 2 spiro atoms. The molecule has 0 radical (unpaired) electrons. The molecule has 8 heterocycles. The molecule has 0 bridgehead atoms. The number of aromatic nitrogens is 8. The van der Waals surface area contributed by atoms with Crippen LogP contribution >= 0.6 is 0 Å². The zero-order valence-electron chi connectivity index (χ0n) is 32.6. The molecule has 16 heteroatoms. The number of carboxylic acids is 1. The number of hydrogen-bond acceptors (Lipinski definition) is 11. The third kappa shape index (κ3) is 5.64. The van der Waals surface area contributed by atoms with Gasteiger partial charge in [-0.05, 0) is 92.7 Å². The maximum Gasteiger partial charge on any atom is 0.339 e. The maximum absolute atomic E-state index is 12.7. The Kier molecular flexibility index (Phi) is 7.93.